The summed E-state index contributed by atoms with van der Waals surface area (Å²) in [6.45, 7) is 7.82. The van der Waals surface area contributed by atoms with Crippen LogP contribution in [0.3, 0.4) is 0 Å². The second kappa shape index (κ2) is 8.88. The molecule has 0 aliphatic carbocycles. The van der Waals surface area contributed by atoms with Crippen LogP contribution < -0.4 is 10.6 Å². The van der Waals surface area contributed by atoms with Crippen molar-refractivity contribution in [3.63, 3.8) is 0 Å². The van der Waals surface area contributed by atoms with Crippen LogP contribution in [0.2, 0.25) is 0 Å². The molecule has 4 nitrogen and oxygen atoms in total. The summed E-state index contributed by atoms with van der Waals surface area (Å²) >= 11 is 0. The van der Waals surface area contributed by atoms with Crippen molar-refractivity contribution in [2.75, 3.05) is 11.9 Å². The van der Waals surface area contributed by atoms with Gasteiger partial charge in [-0.2, -0.15) is 0 Å². The third-order valence-corrected chi connectivity index (χ3v) is 4.48. The Morgan fingerprint density at radius 2 is 1.81 bits per heavy atom. The molecule has 0 aliphatic rings. The first-order chi connectivity index (χ1) is 12.1. The van der Waals surface area contributed by atoms with Gasteiger partial charge in [0, 0.05) is 23.2 Å². The number of nitrogens with one attached hydrogen (secondary N) is 2. The van der Waals surface area contributed by atoms with E-state index in [1.54, 1.807) is 6.26 Å². The summed E-state index contributed by atoms with van der Waals surface area (Å²) in [7, 11) is 0. The zero-order chi connectivity index (χ0) is 17.8. The fourth-order valence-corrected chi connectivity index (χ4v) is 2.90. The van der Waals surface area contributed by atoms with Crippen LogP contribution in [0.25, 0.3) is 11.0 Å². The van der Waals surface area contributed by atoms with Crippen molar-refractivity contribution < 1.29 is 9.21 Å². The van der Waals surface area contributed by atoms with E-state index in [2.05, 4.69) is 37.5 Å². The Balaban J connectivity index is 0.00000243. The third kappa shape index (κ3) is 4.45. The lowest BCUT2D eigenvalue weighted by molar-refractivity contribution is -0.115. The minimum absolute atomic E-state index is 0. The molecule has 0 aliphatic heterocycles. The van der Waals surface area contributed by atoms with Gasteiger partial charge in [0.2, 0.25) is 5.91 Å². The number of hydrogen-bond acceptors (Lipinski definition) is 3. The predicted octanol–water partition coefficient (Wildman–Crippen LogP) is 4.76. The van der Waals surface area contributed by atoms with Crippen LogP contribution in [0.15, 0.2) is 47.1 Å². The van der Waals surface area contributed by atoms with Gasteiger partial charge in [-0.3, -0.25) is 4.79 Å². The molecule has 0 unspecified atom stereocenters. The Bertz CT molecular complexity index is 902. The maximum Gasteiger partial charge on any atom is 0.228 e. The predicted molar refractivity (Wildman–Crippen MR) is 109 cm³/mol. The van der Waals surface area contributed by atoms with Crippen molar-refractivity contribution in [1.29, 1.82) is 0 Å². The van der Waals surface area contributed by atoms with Gasteiger partial charge in [-0.05, 0) is 55.3 Å². The lowest BCUT2D eigenvalue weighted by Gasteiger charge is -2.11. The topological polar surface area (TPSA) is 54.3 Å². The first-order valence-corrected chi connectivity index (χ1v) is 8.64. The van der Waals surface area contributed by atoms with Crippen molar-refractivity contribution in [1.82, 2.24) is 5.32 Å². The smallest absolute Gasteiger partial charge is 0.228 e. The molecule has 0 bridgehead atoms. The summed E-state index contributed by atoms with van der Waals surface area (Å²) in [6, 6.07) is 12.0. The number of para-hydroxylation sites is 1. The fourth-order valence-electron chi connectivity index (χ4n) is 2.90. The van der Waals surface area contributed by atoms with Gasteiger partial charge in [0.1, 0.15) is 5.58 Å². The Kier molecular flexibility index (Phi) is 6.83. The van der Waals surface area contributed by atoms with Crippen molar-refractivity contribution in [2.24, 2.45) is 0 Å². The van der Waals surface area contributed by atoms with Crippen LogP contribution >= 0.6 is 12.4 Å². The third-order valence-electron chi connectivity index (χ3n) is 4.48. The number of anilines is 1. The highest BCUT2D eigenvalue weighted by Crippen LogP contribution is 2.25. The molecule has 0 saturated heterocycles. The number of amides is 1. The van der Waals surface area contributed by atoms with E-state index in [4.69, 9.17) is 4.42 Å². The number of halogens is 1. The number of carbonyl (C=O) groups is 1. The summed E-state index contributed by atoms with van der Waals surface area (Å²) in [6.07, 6.45) is 1.98. The van der Waals surface area contributed by atoms with Gasteiger partial charge in [-0.1, -0.05) is 25.1 Å². The van der Waals surface area contributed by atoms with Gasteiger partial charge in [-0.15, -0.1) is 12.4 Å². The van der Waals surface area contributed by atoms with Gasteiger partial charge in [0.15, 0.2) is 0 Å². The molecule has 1 amide bonds. The number of benzene rings is 2. The number of furan rings is 1. The molecule has 2 aromatic carbocycles. The normalized spacial score (nSPS) is 10.6. The van der Waals surface area contributed by atoms with Crippen LogP contribution in [0.1, 0.15) is 29.2 Å². The molecule has 0 fully saturated rings. The largest absolute Gasteiger partial charge is 0.464 e. The summed E-state index contributed by atoms with van der Waals surface area (Å²) in [5.74, 6) is -0.0372. The molecule has 138 valence electrons. The molecular weight excluding hydrogens is 348 g/mol. The first-order valence-electron chi connectivity index (χ1n) is 8.64. The minimum Gasteiger partial charge on any atom is -0.464 e. The van der Waals surface area contributed by atoms with Gasteiger partial charge >= 0.3 is 0 Å². The molecule has 0 radical (unpaired) electrons. The van der Waals surface area contributed by atoms with Gasteiger partial charge < -0.3 is 15.1 Å². The summed E-state index contributed by atoms with van der Waals surface area (Å²) in [5, 5.41) is 7.33. The Labute approximate surface area is 160 Å². The van der Waals surface area contributed by atoms with Gasteiger partial charge in [-0.25, -0.2) is 0 Å². The van der Waals surface area contributed by atoms with Crippen molar-refractivity contribution in [3.05, 3.63) is 64.9 Å². The molecule has 26 heavy (non-hydrogen) atoms. The molecule has 2 N–H and O–H groups in total. The average molecular weight is 373 g/mol. The molecule has 0 spiro atoms. The van der Waals surface area contributed by atoms with Crippen LogP contribution in [0.5, 0.6) is 0 Å². The van der Waals surface area contributed by atoms with E-state index < -0.39 is 0 Å². The van der Waals surface area contributed by atoms with Crippen LogP contribution in [0.4, 0.5) is 5.69 Å². The molecule has 3 rings (SSSR count). The molecule has 1 heterocycles. The zero-order valence-corrected chi connectivity index (χ0v) is 16.2. The highest BCUT2D eigenvalue weighted by molar-refractivity contribution is 5.96. The van der Waals surface area contributed by atoms with Crippen LogP contribution in [0, 0.1) is 13.8 Å². The van der Waals surface area contributed by atoms with Crippen molar-refractivity contribution in [3.8, 4) is 0 Å². The number of carbonyl (C=O) groups excluding carboxylic acids is 1. The van der Waals surface area contributed by atoms with E-state index in [9.17, 15) is 4.79 Å². The van der Waals surface area contributed by atoms with E-state index in [1.807, 2.05) is 30.3 Å². The van der Waals surface area contributed by atoms with Crippen LogP contribution in [-0.2, 0) is 17.8 Å². The van der Waals surface area contributed by atoms with E-state index in [0.717, 1.165) is 40.9 Å². The lowest BCUT2D eigenvalue weighted by atomic mass is 10.0. The number of fused-ring (bicyclic) bond motifs is 1. The van der Waals surface area contributed by atoms with Crippen LogP contribution in [-0.4, -0.2) is 12.5 Å². The second-order valence-corrected chi connectivity index (χ2v) is 6.36. The molecule has 0 atom stereocenters. The zero-order valence-electron chi connectivity index (χ0n) is 15.4. The second-order valence-electron chi connectivity index (χ2n) is 6.36. The maximum absolute atomic E-state index is 12.5. The fraction of sp³-hybridized carbons (Fsp3) is 0.286. The monoisotopic (exact) mass is 372 g/mol. The molecule has 1 aromatic heterocycles. The van der Waals surface area contributed by atoms with E-state index in [-0.39, 0.29) is 18.3 Å². The maximum atomic E-state index is 12.5. The Morgan fingerprint density at radius 1 is 1.08 bits per heavy atom. The summed E-state index contributed by atoms with van der Waals surface area (Å²) in [4.78, 5) is 12.5. The molecule has 5 heteroatoms. The highest BCUT2D eigenvalue weighted by Gasteiger charge is 2.13. The summed E-state index contributed by atoms with van der Waals surface area (Å²) < 4.78 is 5.62. The molecule has 3 aromatic rings. The SMILES string of the molecule is CCNCc1ccccc1NC(=O)Cc1coc2cc(C)c(C)cc12.Cl. The first kappa shape index (κ1) is 20.0. The highest BCUT2D eigenvalue weighted by atomic mass is 35.5. The number of hydrogen-bond donors (Lipinski definition) is 2. The minimum atomic E-state index is -0.0372. The Morgan fingerprint density at radius 3 is 2.58 bits per heavy atom. The van der Waals surface area contributed by atoms with Gasteiger partial charge in [0.25, 0.3) is 0 Å². The number of aryl methyl sites for hydroxylation is 2. The Hall–Kier alpha value is -2.30. The molecule has 0 saturated carbocycles. The van der Waals surface area contributed by atoms with Gasteiger partial charge in [0.05, 0.1) is 12.7 Å². The van der Waals surface area contributed by atoms with E-state index >= 15 is 0 Å². The summed E-state index contributed by atoms with van der Waals surface area (Å²) in [5.41, 5.74) is 6.08. The quantitative estimate of drug-likeness (QED) is 0.655. The van der Waals surface area contributed by atoms with Crippen molar-refractivity contribution in [2.45, 2.75) is 33.7 Å². The van der Waals surface area contributed by atoms with E-state index in [1.165, 1.54) is 11.1 Å². The lowest BCUT2D eigenvalue weighted by Crippen LogP contribution is -2.18. The number of rotatable bonds is 6. The average Bonchev–Trinajstić information content (AvgIpc) is 2.96. The van der Waals surface area contributed by atoms with E-state index in [0.29, 0.717) is 6.42 Å². The van der Waals surface area contributed by atoms with Crippen molar-refractivity contribution >= 4 is 35.0 Å². The molecular formula is C21H25ClN2O2. The standard InChI is InChI=1S/C21H24N2O2.ClH/c1-4-22-12-16-7-5-6-8-19(16)23-21(24)11-17-13-25-20-10-15(3)14(2)9-18(17)20;/h5-10,13,22H,4,11-12H2,1-3H3,(H,23,24);1H.